The van der Waals surface area contributed by atoms with Crippen LogP contribution in [0.2, 0.25) is 0 Å². The first-order chi connectivity index (χ1) is 13.8. The van der Waals surface area contributed by atoms with Gasteiger partial charge < -0.3 is 14.6 Å². The van der Waals surface area contributed by atoms with Crippen LogP contribution in [0.4, 0.5) is 11.5 Å². The average Bonchev–Trinajstić information content (AvgIpc) is 3.27. The SMILES string of the molecule is Cc1cc(NC(=O)COC(=O)c2cc([N+](=O)[O-])ccc2Sc2nnnn2C)no1. The molecule has 3 aromatic rings. The molecule has 0 aliphatic heterocycles. The van der Waals surface area contributed by atoms with Crippen molar-refractivity contribution in [2.75, 3.05) is 11.9 Å². The molecule has 1 N–H and O–H groups in total. The van der Waals surface area contributed by atoms with Crippen LogP contribution in [0.3, 0.4) is 0 Å². The Morgan fingerprint density at radius 2 is 2.17 bits per heavy atom. The van der Waals surface area contributed by atoms with E-state index in [0.29, 0.717) is 15.8 Å². The van der Waals surface area contributed by atoms with Crippen LogP contribution in [0.1, 0.15) is 16.1 Å². The molecule has 2 aromatic heterocycles. The Bertz CT molecular complexity index is 1080. The number of tetrazole rings is 1. The van der Waals surface area contributed by atoms with Gasteiger partial charge in [-0.3, -0.25) is 14.9 Å². The minimum Gasteiger partial charge on any atom is -0.452 e. The fraction of sp³-hybridized carbons (Fsp3) is 0.200. The van der Waals surface area contributed by atoms with Gasteiger partial charge in [-0.05, 0) is 35.2 Å². The van der Waals surface area contributed by atoms with E-state index in [1.807, 2.05) is 0 Å². The second kappa shape index (κ2) is 8.47. The van der Waals surface area contributed by atoms with E-state index in [-0.39, 0.29) is 17.1 Å². The number of benzene rings is 1. The van der Waals surface area contributed by atoms with Crippen molar-refractivity contribution in [3.05, 3.63) is 45.7 Å². The van der Waals surface area contributed by atoms with Gasteiger partial charge in [0.2, 0.25) is 5.16 Å². The summed E-state index contributed by atoms with van der Waals surface area (Å²) in [7, 11) is 1.60. The number of non-ortho nitro benzene ring substituents is 1. The van der Waals surface area contributed by atoms with Crippen molar-refractivity contribution in [3.63, 3.8) is 0 Å². The van der Waals surface area contributed by atoms with Gasteiger partial charge in [-0.25, -0.2) is 9.48 Å². The number of esters is 1. The summed E-state index contributed by atoms with van der Waals surface area (Å²) >= 11 is 1.02. The number of carbonyl (C=O) groups excluding carboxylic acids is 2. The van der Waals surface area contributed by atoms with Crippen molar-refractivity contribution < 1.29 is 23.8 Å². The van der Waals surface area contributed by atoms with Gasteiger partial charge in [-0.2, -0.15) is 0 Å². The number of nitro benzene ring substituents is 1. The normalized spacial score (nSPS) is 10.6. The second-order valence-electron chi connectivity index (χ2n) is 5.57. The maximum absolute atomic E-state index is 12.5. The number of rotatable bonds is 7. The number of nitrogens with zero attached hydrogens (tertiary/aromatic N) is 6. The molecule has 0 radical (unpaired) electrons. The molecule has 0 atom stereocenters. The molecule has 150 valence electrons. The Morgan fingerprint density at radius 3 is 2.79 bits per heavy atom. The van der Waals surface area contributed by atoms with Gasteiger partial charge in [0.1, 0.15) is 5.76 Å². The fourth-order valence-corrected chi connectivity index (χ4v) is 2.93. The molecule has 1 amide bonds. The maximum atomic E-state index is 12.5. The van der Waals surface area contributed by atoms with Crippen molar-refractivity contribution in [1.82, 2.24) is 25.4 Å². The van der Waals surface area contributed by atoms with Crippen molar-refractivity contribution in [2.24, 2.45) is 7.05 Å². The van der Waals surface area contributed by atoms with E-state index in [1.165, 1.54) is 22.9 Å². The summed E-state index contributed by atoms with van der Waals surface area (Å²) in [5.74, 6) is -0.902. The van der Waals surface area contributed by atoms with E-state index in [0.717, 1.165) is 17.8 Å². The van der Waals surface area contributed by atoms with Crippen molar-refractivity contribution in [3.8, 4) is 0 Å². The zero-order chi connectivity index (χ0) is 21.0. The molecule has 2 heterocycles. The Labute approximate surface area is 166 Å². The Hall–Kier alpha value is -3.81. The molecule has 0 fully saturated rings. The highest BCUT2D eigenvalue weighted by atomic mass is 32.2. The number of aryl methyl sites for hydroxylation is 2. The molecule has 14 heteroatoms. The van der Waals surface area contributed by atoms with Gasteiger partial charge in [0.05, 0.1) is 10.5 Å². The molecule has 0 unspecified atom stereocenters. The summed E-state index contributed by atoms with van der Waals surface area (Å²) in [6, 6.07) is 5.17. The number of aromatic nitrogens is 5. The molecule has 0 saturated carbocycles. The molecule has 13 nitrogen and oxygen atoms in total. The Balaban J connectivity index is 1.74. The summed E-state index contributed by atoms with van der Waals surface area (Å²) in [5.41, 5.74) is -0.405. The van der Waals surface area contributed by atoms with Crippen LogP contribution in [-0.4, -0.2) is 48.8 Å². The number of nitro groups is 1. The van der Waals surface area contributed by atoms with E-state index < -0.39 is 23.4 Å². The molecule has 3 rings (SSSR count). The highest BCUT2D eigenvalue weighted by Crippen LogP contribution is 2.31. The van der Waals surface area contributed by atoms with Crippen LogP contribution in [0.25, 0.3) is 0 Å². The summed E-state index contributed by atoms with van der Waals surface area (Å²) in [4.78, 5) is 35.1. The third-order valence-corrected chi connectivity index (χ3v) is 4.51. The summed E-state index contributed by atoms with van der Waals surface area (Å²) in [6.07, 6.45) is 0. The van der Waals surface area contributed by atoms with Gasteiger partial charge in [0.15, 0.2) is 12.4 Å². The quantitative estimate of drug-likeness (QED) is 0.333. The predicted octanol–water partition coefficient (Wildman–Crippen LogP) is 1.36. The highest BCUT2D eigenvalue weighted by molar-refractivity contribution is 7.99. The van der Waals surface area contributed by atoms with Crippen LogP contribution >= 0.6 is 11.8 Å². The molecule has 0 saturated heterocycles. The van der Waals surface area contributed by atoms with Gasteiger partial charge >= 0.3 is 5.97 Å². The van der Waals surface area contributed by atoms with E-state index in [9.17, 15) is 19.7 Å². The lowest BCUT2D eigenvalue weighted by Crippen LogP contribution is -2.21. The van der Waals surface area contributed by atoms with E-state index in [1.54, 1.807) is 14.0 Å². The molecular weight excluding hydrogens is 406 g/mol. The third kappa shape index (κ3) is 4.92. The minimum absolute atomic E-state index is 0.0997. The number of anilines is 1. The molecule has 0 bridgehead atoms. The molecule has 0 aliphatic carbocycles. The van der Waals surface area contributed by atoms with Crippen molar-refractivity contribution in [1.29, 1.82) is 0 Å². The topological polar surface area (TPSA) is 168 Å². The predicted molar refractivity (Wildman–Crippen MR) is 96.2 cm³/mol. The largest absolute Gasteiger partial charge is 0.452 e. The first kappa shape index (κ1) is 19.9. The van der Waals surface area contributed by atoms with Crippen molar-refractivity contribution >= 4 is 35.1 Å². The summed E-state index contributed by atoms with van der Waals surface area (Å²) < 4.78 is 11.2. The fourth-order valence-electron chi connectivity index (χ4n) is 2.10. The van der Waals surface area contributed by atoms with Crippen molar-refractivity contribution in [2.45, 2.75) is 17.0 Å². The van der Waals surface area contributed by atoms with Crippen LogP contribution < -0.4 is 5.32 Å². The standard InChI is InChI=1S/C15H13N7O6S/c1-8-5-12(18-28-8)16-13(23)7-27-14(24)10-6-9(22(25)26)3-4-11(10)29-15-17-19-20-21(15)2/h3-6H,7H2,1-2H3,(H,16,18,23). The lowest BCUT2D eigenvalue weighted by Gasteiger charge is -2.08. The monoisotopic (exact) mass is 419 g/mol. The Kier molecular flexibility index (Phi) is 5.82. The van der Waals surface area contributed by atoms with E-state index in [2.05, 4.69) is 26.0 Å². The zero-order valence-electron chi connectivity index (χ0n) is 15.1. The molecule has 0 aliphatic rings. The zero-order valence-corrected chi connectivity index (χ0v) is 15.9. The van der Waals surface area contributed by atoms with Crippen LogP contribution in [0.5, 0.6) is 0 Å². The first-order valence-electron chi connectivity index (χ1n) is 7.92. The number of nitrogens with one attached hydrogen (secondary N) is 1. The van der Waals surface area contributed by atoms with Gasteiger partial charge in [0, 0.05) is 30.1 Å². The number of hydrogen-bond donors (Lipinski definition) is 1. The van der Waals surface area contributed by atoms with Crippen LogP contribution in [-0.2, 0) is 16.6 Å². The van der Waals surface area contributed by atoms with Crippen LogP contribution in [0, 0.1) is 17.0 Å². The summed E-state index contributed by atoms with van der Waals surface area (Å²) in [5, 5.41) is 28.4. The molecular formula is C15H13N7O6S. The number of hydrogen-bond acceptors (Lipinski definition) is 11. The van der Waals surface area contributed by atoms with E-state index >= 15 is 0 Å². The maximum Gasteiger partial charge on any atom is 0.340 e. The lowest BCUT2D eigenvalue weighted by atomic mass is 10.2. The van der Waals surface area contributed by atoms with Gasteiger partial charge in [-0.15, -0.1) is 5.10 Å². The lowest BCUT2D eigenvalue weighted by molar-refractivity contribution is -0.384. The highest BCUT2D eigenvalue weighted by Gasteiger charge is 2.21. The Morgan fingerprint density at radius 1 is 1.38 bits per heavy atom. The molecule has 0 spiro atoms. The smallest absolute Gasteiger partial charge is 0.340 e. The summed E-state index contributed by atoms with van der Waals surface area (Å²) in [6.45, 7) is 1.03. The van der Waals surface area contributed by atoms with Crippen LogP contribution in [0.15, 0.2) is 38.8 Å². The number of carbonyl (C=O) groups is 2. The molecule has 1 aromatic carbocycles. The number of ether oxygens (including phenoxy) is 1. The van der Waals surface area contributed by atoms with Gasteiger partial charge in [0.25, 0.3) is 11.6 Å². The minimum atomic E-state index is -0.919. The second-order valence-corrected chi connectivity index (χ2v) is 6.58. The third-order valence-electron chi connectivity index (χ3n) is 3.41. The van der Waals surface area contributed by atoms with E-state index in [4.69, 9.17) is 9.26 Å². The first-order valence-corrected chi connectivity index (χ1v) is 8.74. The van der Waals surface area contributed by atoms with Gasteiger partial charge in [-0.1, -0.05) is 5.16 Å². The molecule has 29 heavy (non-hydrogen) atoms. The average molecular weight is 419 g/mol. The number of amides is 1.